The number of hydrogen-bond acceptors (Lipinski definition) is 3. The number of hydrogen-bond donors (Lipinski definition) is 0. The summed E-state index contributed by atoms with van der Waals surface area (Å²) in [5, 5.41) is 7.09. The van der Waals surface area contributed by atoms with Gasteiger partial charge in [-0.15, -0.1) is 0 Å². The Balaban J connectivity index is 1.15. The molecule has 5 heteroatoms. The number of para-hydroxylation sites is 1. The van der Waals surface area contributed by atoms with Crippen LogP contribution in [0.4, 0.5) is 11.4 Å². The lowest BCUT2D eigenvalue weighted by molar-refractivity contribution is 0.590. The van der Waals surface area contributed by atoms with Crippen LogP contribution in [-0.4, -0.2) is 11.4 Å². The Bertz CT molecular complexity index is 3900. The van der Waals surface area contributed by atoms with Crippen LogP contribution in [0.25, 0.3) is 93.6 Å². The number of fused-ring (bicyclic) bond motifs is 17. The van der Waals surface area contributed by atoms with Crippen molar-refractivity contribution < 1.29 is 8.83 Å². The summed E-state index contributed by atoms with van der Waals surface area (Å²) in [6, 6.07) is 53.0. The summed E-state index contributed by atoms with van der Waals surface area (Å²) in [6.07, 6.45) is 0. The fourth-order valence-electron chi connectivity index (χ4n) is 11.9. The maximum atomic E-state index is 6.79. The van der Waals surface area contributed by atoms with Crippen molar-refractivity contribution in [3.05, 3.63) is 162 Å². The van der Waals surface area contributed by atoms with Gasteiger partial charge in [0.25, 0.3) is 0 Å². The molecule has 0 bridgehead atoms. The summed E-state index contributed by atoms with van der Waals surface area (Å²) >= 11 is 0. The van der Waals surface area contributed by atoms with Crippen molar-refractivity contribution in [2.24, 2.45) is 0 Å². The maximum Gasteiger partial charge on any atom is 0.333 e. The molecule has 0 saturated heterocycles. The van der Waals surface area contributed by atoms with E-state index in [1.165, 1.54) is 88.8 Å². The Morgan fingerprint density at radius 3 is 1.95 bits per heavy atom. The van der Waals surface area contributed by atoms with Gasteiger partial charge in [-0.2, -0.15) is 0 Å². The zero-order chi connectivity index (χ0) is 43.3. The van der Waals surface area contributed by atoms with Gasteiger partial charge >= 0.3 is 6.85 Å². The SMILES string of the molecule is CC(C)(C)c1ccc(N2B3c4cc5c(cc4-n4c6cc7oc8ccccc8c7cc6c6ccc(c3c64)-c3cc4oc6ccc(C(C)(C)C)cc6c4cc32)C(C)(C)c2ccccc2-5)cc1. The molecule has 14 rings (SSSR count). The second kappa shape index (κ2) is 11.8. The smallest absolute Gasteiger partial charge is 0.333 e. The second-order valence-electron chi connectivity index (χ2n) is 21.3. The Hall–Kier alpha value is -6.98. The summed E-state index contributed by atoms with van der Waals surface area (Å²) < 4.78 is 16.0. The highest BCUT2D eigenvalue weighted by molar-refractivity contribution is 6.93. The zero-order valence-corrected chi connectivity index (χ0v) is 37.6. The molecule has 0 N–H and O–H groups in total. The van der Waals surface area contributed by atoms with Gasteiger partial charge in [0.2, 0.25) is 0 Å². The van der Waals surface area contributed by atoms with Crippen LogP contribution in [0, 0.1) is 0 Å². The molecule has 0 fully saturated rings. The summed E-state index contributed by atoms with van der Waals surface area (Å²) in [5.41, 5.74) is 22.6. The van der Waals surface area contributed by atoms with Crippen LogP contribution in [0.2, 0.25) is 0 Å². The number of aromatic nitrogens is 1. The van der Waals surface area contributed by atoms with Crippen molar-refractivity contribution in [3.8, 4) is 27.9 Å². The van der Waals surface area contributed by atoms with E-state index in [1.54, 1.807) is 0 Å². The van der Waals surface area contributed by atoms with E-state index in [9.17, 15) is 0 Å². The lowest BCUT2D eigenvalue weighted by atomic mass is 9.43. The Morgan fingerprint density at radius 1 is 0.469 bits per heavy atom. The van der Waals surface area contributed by atoms with Gasteiger partial charge in [0.05, 0.1) is 11.0 Å². The third-order valence-corrected chi connectivity index (χ3v) is 15.3. The van der Waals surface area contributed by atoms with E-state index in [4.69, 9.17) is 8.83 Å². The third-order valence-electron chi connectivity index (χ3n) is 15.3. The maximum absolute atomic E-state index is 6.79. The Morgan fingerprint density at radius 2 is 1.16 bits per heavy atom. The molecule has 0 amide bonds. The molecule has 5 heterocycles. The van der Waals surface area contributed by atoms with Gasteiger partial charge in [0, 0.05) is 66.4 Å². The number of rotatable bonds is 1. The van der Waals surface area contributed by atoms with Crippen LogP contribution < -0.4 is 15.7 Å². The fraction of sp³-hybridized carbons (Fsp3) is 0.186. The second-order valence-corrected chi connectivity index (χ2v) is 21.3. The van der Waals surface area contributed by atoms with Crippen LogP contribution in [0.1, 0.15) is 77.6 Å². The van der Waals surface area contributed by atoms with E-state index in [1.807, 2.05) is 0 Å². The first kappa shape index (κ1) is 36.5. The largest absolute Gasteiger partial charge is 0.456 e. The van der Waals surface area contributed by atoms with Gasteiger partial charge in [0.1, 0.15) is 22.3 Å². The summed E-state index contributed by atoms with van der Waals surface area (Å²) in [6.45, 7) is 18.4. The van der Waals surface area contributed by atoms with Crippen molar-refractivity contribution in [3.63, 3.8) is 0 Å². The van der Waals surface area contributed by atoms with Gasteiger partial charge in [-0.3, -0.25) is 0 Å². The van der Waals surface area contributed by atoms with Gasteiger partial charge < -0.3 is 18.2 Å². The van der Waals surface area contributed by atoms with E-state index in [0.29, 0.717) is 0 Å². The van der Waals surface area contributed by atoms with E-state index >= 15 is 0 Å². The summed E-state index contributed by atoms with van der Waals surface area (Å²) in [5.74, 6) is 0. The average molecular weight is 827 g/mol. The molecular weight excluding hydrogens is 779 g/mol. The molecule has 0 saturated carbocycles. The molecule has 8 aromatic carbocycles. The van der Waals surface area contributed by atoms with Crippen LogP contribution >= 0.6 is 0 Å². The average Bonchev–Trinajstić information content (AvgIpc) is 3.99. The van der Waals surface area contributed by atoms with Gasteiger partial charge in [-0.05, 0) is 115 Å². The van der Waals surface area contributed by atoms with Gasteiger partial charge in [0.15, 0.2) is 0 Å². The predicted octanol–water partition coefficient (Wildman–Crippen LogP) is 14.7. The minimum Gasteiger partial charge on any atom is -0.456 e. The molecule has 308 valence electrons. The molecule has 0 atom stereocenters. The molecule has 64 heavy (non-hydrogen) atoms. The van der Waals surface area contributed by atoms with Crippen molar-refractivity contribution in [1.82, 2.24) is 4.57 Å². The molecular formula is C59H47BN2O2. The van der Waals surface area contributed by atoms with E-state index in [-0.39, 0.29) is 23.1 Å². The van der Waals surface area contributed by atoms with E-state index in [2.05, 4.69) is 204 Å². The summed E-state index contributed by atoms with van der Waals surface area (Å²) in [7, 11) is 0. The van der Waals surface area contributed by atoms with Crippen LogP contribution in [-0.2, 0) is 16.2 Å². The van der Waals surface area contributed by atoms with E-state index < -0.39 is 0 Å². The molecule has 11 aromatic rings. The van der Waals surface area contributed by atoms with Crippen LogP contribution in [0.15, 0.2) is 148 Å². The van der Waals surface area contributed by atoms with Crippen molar-refractivity contribution in [2.45, 2.75) is 71.6 Å². The molecule has 0 spiro atoms. The van der Waals surface area contributed by atoms with E-state index in [0.717, 1.165) is 49.4 Å². The molecule has 1 aliphatic carbocycles. The van der Waals surface area contributed by atoms with Crippen molar-refractivity contribution >= 4 is 94.8 Å². The lowest BCUT2D eigenvalue weighted by Crippen LogP contribution is -2.60. The standard InChI is InChI=1S/C59H47BN2O2/c1-57(2,3)32-17-20-34(21-18-32)62-49-28-44-42-25-33(58(4,5)6)19-24-52(42)64-53(44)29-41(49)37-22-23-38-40-26-43-36-14-10-12-16-51(36)63-54(43)31-48(40)61-50-30-46-39(27-47(50)60(62)55(37)56(38)61)35-13-9-11-15-45(35)59(46,7)8/h9-31H,1-8H3. The topological polar surface area (TPSA) is 34.5 Å². The highest BCUT2D eigenvalue weighted by atomic mass is 16.3. The van der Waals surface area contributed by atoms with Crippen LogP contribution in [0.5, 0.6) is 0 Å². The number of benzene rings is 8. The normalized spacial score (nSPS) is 14.9. The highest BCUT2D eigenvalue weighted by Crippen LogP contribution is 2.52. The first-order chi connectivity index (χ1) is 30.7. The predicted molar refractivity (Wildman–Crippen MR) is 269 cm³/mol. The quantitative estimate of drug-likeness (QED) is 0.155. The first-order valence-electron chi connectivity index (χ1n) is 22.9. The molecule has 4 nitrogen and oxygen atoms in total. The molecule has 2 aliphatic heterocycles. The molecule has 0 unspecified atom stereocenters. The Labute approximate surface area is 372 Å². The number of furan rings is 2. The summed E-state index contributed by atoms with van der Waals surface area (Å²) in [4.78, 5) is 2.66. The molecule has 3 aliphatic rings. The first-order valence-corrected chi connectivity index (χ1v) is 22.9. The molecule has 3 aromatic heterocycles. The van der Waals surface area contributed by atoms with Gasteiger partial charge in [-0.1, -0.05) is 134 Å². The fourth-order valence-corrected chi connectivity index (χ4v) is 11.9. The monoisotopic (exact) mass is 826 g/mol. The number of anilines is 2. The van der Waals surface area contributed by atoms with Gasteiger partial charge in [-0.25, -0.2) is 0 Å². The Kier molecular flexibility index (Phi) is 6.72. The minimum absolute atomic E-state index is 0.00447. The number of nitrogens with zero attached hydrogens (tertiary/aromatic N) is 2. The minimum atomic E-state index is -0.168. The van der Waals surface area contributed by atoms with Crippen molar-refractivity contribution in [1.29, 1.82) is 0 Å². The lowest BCUT2D eigenvalue weighted by Gasteiger charge is -2.42. The molecule has 0 radical (unpaired) electrons. The highest BCUT2D eigenvalue weighted by Gasteiger charge is 2.46. The van der Waals surface area contributed by atoms with Crippen molar-refractivity contribution in [2.75, 3.05) is 4.81 Å². The third kappa shape index (κ3) is 4.59. The van der Waals surface area contributed by atoms with Crippen LogP contribution in [0.3, 0.4) is 0 Å². The zero-order valence-electron chi connectivity index (χ0n) is 37.6.